The quantitative estimate of drug-likeness (QED) is 0.698. The van der Waals surface area contributed by atoms with Crippen molar-refractivity contribution in [2.24, 2.45) is 0 Å². The standard InChI is InChI=1S/C19H19N3O4S/c1-12-7-8-17(13(2)9-12)22-27(24,25)16-6-4-5-15(11-16)19(23)20-18-10-14(3)26-21-18/h4-11,22H,1-3H3,(H,20,21,23). The summed E-state index contributed by atoms with van der Waals surface area (Å²) in [4.78, 5) is 12.3. The third-order valence-corrected chi connectivity index (χ3v) is 5.27. The summed E-state index contributed by atoms with van der Waals surface area (Å²) in [6.07, 6.45) is 0. The van der Waals surface area contributed by atoms with Gasteiger partial charge < -0.3 is 9.84 Å². The molecule has 0 fully saturated rings. The van der Waals surface area contributed by atoms with Gasteiger partial charge in [-0.05, 0) is 50.6 Å². The molecule has 0 saturated heterocycles. The molecule has 7 nitrogen and oxygen atoms in total. The highest BCUT2D eigenvalue weighted by atomic mass is 32.2. The van der Waals surface area contributed by atoms with Gasteiger partial charge in [0, 0.05) is 11.6 Å². The summed E-state index contributed by atoms with van der Waals surface area (Å²) in [5.74, 6) is 0.338. The number of nitrogens with zero attached hydrogens (tertiary/aromatic N) is 1. The number of carbonyl (C=O) groups excluding carboxylic acids is 1. The van der Waals surface area contributed by atoms with Crippen molar-refractivity contribution >= 4 is 27.4 Å². The molecular weight excluding hydrogens is 366 g/mol. The van der Waals surface area contributed by atoms with Gasteiger partial charge in [0.15, 0.2) is 5.82 Å². The number of benzene rings is 2. The molecule has 0 radical (unpaired) electrons. The second-order valence-corrected chi connectivity index (χ2v) is 7.91. The van der Waals surface area contributed by atoms with Crippen LogP contribution in [0.25, 0.3) is 0 Å². The lowest BCUT2D eigenvalue weighted by Gasteiger charge is -2.12. The molecule has 0 saturated carbocycles. The first-order valence-corrected chi connectivity index (χ1v) is 9.68. The number of hydrogen-bond donors (Lipinski definition) is 2. The first kappa shape index (κ1) is 18.7. The Labute approximate surface area is 157 Å². The predicted octanol–water partition coefficient (Wildman–Crippen LogP) is 3.65. The number of hydrogen-bond acceptors (Lipinski definition) is 5. The van der Waals surface area contributed by atoms with Crippen LogP contribution in [0.5, 0.6) is 0 Å². The Hall–Kier alpha value is -3.13. The molecule has 27 heavy (non-hydrogen) atoms. The minimum absolute atomic E-state index is 0.00791. The maximum atomic E-state index is 12.7. The number of anilines is 2. The van der Waals surface area contributed by atoms with Crippen molar-refractivity contribution in [3.05, 3.63) is 71.0 Å². The minimum Gasteiger partial charge on any atom is -0.360 e. The fourth-order valence-electron chi connectivity index (χ4n) is 2.55. The zero-order valence-corrected chi connectivity index (χ0v) is 15.9. The highest BCUT2D eigenvalue weighted by molar-refractivity contribution is 7.92. The molecule has 8 heteroatoms. The van der Waals surface area contributed by atoms with Crippen LogP contribution in [0, 0.1) is 20.8 Å². The van der Waals surface area contributed by atoms with Gasteiger partial charge in [0.25, 0.3) is 15.9 Å². The lowest BCUT2D eigenvalue weighted by atomic mass is 10.1. The first-order valence-electron chi connectivity index (χ1n) is 8.19. The largest absolute Gasteiger partial charge is 0.360 e. The Kier molecular flexibility index (Phi) is 5.00. The monoisotopic (exact) mass is 385 g/mol. The van der Waals surface area contributed by atoms with Gasteiger partial charge in [-0.15, -0.1) is 0 Å². The van der Waals surface area contributed by atoms with Gasteiger partial charge in [0.1, 0.15) is 5.76 Å². The van der Waals surface area contributed by atoms with E-state index in [0.29, 0.717) is 11.4 Å². The van der Waals surface area contributed by atoms with Crippen molar-refractivity contribution in [1.82, 2.24) is 5.16 Å². The van der Waals surface area contributed by atoms with Crippen LogP contribution in [0.15, 0.2) is 57.9 Å². The number of amides is 1. The summed E-state index contributed by atoms with van der Waals surface area (Å²) in [5.41, 5.74) is 2.54. The molecule has 1 aromatic heterocycles. The molecule has 0 unspecified atom stereocenters. The van der Waals surface area contributed by atoms with E-state index < -0.39 is 15.9 Å². The summed E-state index contributed by atoms with van der Waals surface area (Å²) in [5, 5.41) is 6.25. The molecule has 3 rings (SSSR count). The summed E-state index contributed by atoms with van der Waals surface area (Å²) in [7, 11) is -3.84. The Morgan fingerprint density at radius 1 is 1.04 bits per heavy atom. The van der Waals surface area contributed by atoms with Crippen molar-refractivity contribution in [3.8, 4) is 0 Å². The van der Waals surface area contributed by atoms with Gasteiger partial charge in [0.05, 0.1) is 10.6 Å². The summed E-state index contributed by atoms with van der Waals surface area (Å²) in [6.45, 7) is 5.47. The lowest BCUT2D eigenvalue weighted by Crippen LogP contribution is -2.16. The van der Waals surface area contributed by atoms with E-state index in [4.69, 9.17) is 4.52 Å². The predicted molar refractivity (Wildman–Crippen MR) is 102 cm³/mol. The Bertz CT molecular complexity index is 1100. The highest BCUT2D eigenvalue weighted by Crippen LogP contribution is 2.21. The van der Waals surface area contributed by atoms with Gasteiger partial charge in [-0.3, -0.25) is 9.52 Å². The van der Waals surface area contributed by atoms with E-state index in [2.05, 4.69) is 15.2 Å². The lowest BCUT2D eigenvalue weighted by molar-refractivity contribution is 0.102. The van der Waals surface area contributed by atoms with Crippen LogP contribution < -0.4 is 10.0 Å². The third kappa shape index (κ3) is 4.35. The number of nitrogens with one attached hydrogen (secondary N) is 2. The molecule has 0 bridgehead atoms. The Morgan fingerprint density at radius 3 is 2.48 bits per heavy atom. The average molecular weight is 385 g/mol. The van der Waals surface area contributed by atoms with Crippen molar-refractivity contribution in [1.29, 1.82) is 0 Å². The van der Waals surface area contributed by atoms with E-state index in [0.717, 1.165) is 11.1 Å². The average Bonchev–Trinajstić information content (AvgIpc) is 3.02. The topological polar surface area (TPSA) is 101 Å². The molecule has 2 N–H and O–H groups in total. The zero-order chi connectivity index (χ0) is 19.6. The van der Waals surface area contributed by atoms with Gasteiger partial charge in [-0.1, -0.05) is 28.9 Å². The van der Waals surface area contributed by atoms with Crippen molar-refractivity contribution < 1.29 is 17.7 Å². The van der Waals surface area contributed by atoms with E-state index >= 15 is 0 Å². The van der Waals surface area contributed by atoms with Gasteiger partial charge in [-0.2, -0.15) is 0 Å². The van der Waals surface area contributed by atoms with Crippen LogP contribution in [0.3, 0.4) is 0 Å². The molecular formula is C19H19N3O4S. The van der Waals surface area contributed by atoms with Crippen molar-refractivity contribution in [2.75, 3.05) is 10.0 Å². The molecule has 3 aromatic rings. The van der Waals surface area contributed by atoms with Crippen LogP contribution in [-0.2, 0) is 10.0 Å². The maximum Gasteiger partial charge on any atom is 0.261 e. The highest BCUT2D eigenvalue weighted by Gasteiger charge is 2.18. The number of rotatable bonds is 5. The van der Waals surface area contributed by atoms with Gasteiger partial charge in [-0.25, -0.2) is 8.42 Å². The van der Waals surface area contributed by atoms with Crippen LogP contribution in [0.1, 0.15) is 27.2 Å². The minimum atomic E-state index is -3.84. The molecule has 140 valence electrons. The van der Waals surface area contributed by atoms with Crippen LogP contribution in [0.2, 0.25) is 0 Å². The molecule has 1 amide bonds. The zero-order valence-electron chi connectivity index (χ0n) is 15.1. The first-order chi connectivity index (χ1) is 12.7. The second-order valence-electron chi connectivity index (χ2n) is 6.23. The van der Waals surface area contributed by atoms with Crippen molar-refractivity contribution in [3.63, 3.8) is 0 Å². The van der Waals surface area contributed by atoms with E-state index in [1.54, 1.807) is 19.1 Å². The summed E-state index contributed by atoms with van der Waals surface area (Å²) >= 11 is 0. The number of aromatic nitrogens is 1. The molecule has 0 aliphatic carbocycles. The number of aryl methyl sites for hydroxylation is 3. The van der Waals surface area contributed by atoms with E-state index in [9.17, 15) is 13.2 Å². The van der Waals surface area contributed by atoms with Crippen LogP contribution in [0.4, 0.5) is 11.5 Å². The molecule has 0 atom stereocenters. The smallest absolute Gasteiger partial charge is 0.261 e. The SMILES string of the molecule is Cc1ccc(NS(=O)(=O)c2cccc(C(=O)Nc3cc(C)on3)c2)c(C)c1. The van der Waals surface area contributed by atoms with E-state index in [1.165, 1.54) is 24.3 Å². The van der Waals surface area contributed by atoms with Crippen molar-refractivity contribution in [2.45, 2.75) is 25.7 Å². The Morgan fingerprint density at radius 2 is 1.81 bits per heavy atom. The Balaban J connectivity index is 1.84. The van der Waals surface area contributed by atoms with Crippen LogP contribution in [-0.4, -0.2) is 19.5 Å². The van der Waals surface area contributed by atoms with Gasteiger partial charge >= 0.3 is 0 Å². The summed E-state index contributed by atoms with van der Waals surface area (Å²) < 4.78 is 32.9. The maximum absolute atomic E-state index is 12.7. The van der Waals surface area contributed by atoms with E-state index in [1.807, 2.05) is 26.0 Å². The fraction of sp³-hybridized carbons (Fsp3) is 0.158. The third-order valence-electron chi connectivity index (χ3n) is 3.90. The molecule has 0 aliphatic rings. The molecule has 0 aliphatic heterocycles. The number of sulfonamides is 1. The normalized spacial score (nSPS) is 11.2. The van der Waals surface area contributed by atoms with Gasteiger partial charge in [0.2, 0.25) is 0 Å². The molecule has 2 aromatic carbocycles. The molecule has 1 heterocycles. The fourth-order valence-corrected chi connectivity index (χ4v) is 3.73. The van der Waals surface area contributed by atoms with E-state index in [-0.39, 0.29) is 16.3 Å². The van der Waals surface area contributed by atoms with Crippen LogP contribution >= 0.6 is 0 Å². The number of carbonyl (C=O) groups is 1. The summed E-state index contributed by atoms with van der Waals surface area (Å²) in [6, 6.07) is 12.8. The second kappa shape index (κ2) is 7.24. The molecule has 0 spiro atoms.